The summed E-state index contributed by atoms with van der Waals surface area (Å²) in [6.07, 6.45) is -2.76. The van der Waals surface area contributed by atoms with Gasteiger partial charge in [0, 0.05) is 17.6 Å². The lowest BCUT2D eigenvalue weighted by Crippen LogP contribution is -2.08. The summed E-state index contributed by atoms with van der Waals surface area (Å²) in [5, 5.41) is 5.88. The molecule has 0 fully saturated rings. The van der Waals surface area contributed by atoms with E-state index < -0.39 is 11.7 Å². The molecule has 1 heterocycles. The van der Waals surface area contributed by atoms with Gasteiger partial charge in [0.05, 0.1) is 21.1 Å². The Labute approximate surface area is 186 Å². The van der Waals surface area contributed by atoms with Crippen molar-refractivity contribution in [2.24, 2.45) is 0 Å². The summed E-state index contributed by atoms with van der Waals surface area (Å²) in [4.78, 5) is 13.7. The van der Waals surface area contributed by atoms with E-state index in [9.17, 15) is 18.0 Å². The van der Waals surface area contributed by atoms with Crippen LogP contribution < -0.4 is 5.32 Å². The molecule has 0 unspecified atom stereocenters. The molecule has 1 aliphatic heterocycles. The van der Waals surface area contributed by atoms with Crippen molar-refractivity contribution in [3.63, 3.8) is 0 Å². The van der Waals surface area contributed by atoms with E-state index in [0.29, 0.717) is 20.5 Å². The Bertz CT molecular complexity index is 1280. The summed E-state index contributed by atoms with van der Waals surface area (Å²) in [5.41, 5.74) is 1.38. The van der Waals surface area contributed by atoms with Crippen LogP contribution >= 0.6 is 23.4 Å². The molecule has 3 aromatic carbocycles. The van der Waals surface area contributed by atoms with Crippen LogP contribution in [0.1, 0.15) is 22.3 Å². The number of rotatable bonds is 3. The van der Waals surface area contributed by atoms with Crippen LogP contribution in [-0.4, -0.2) is 12.8 Å². The van der Waals surface area contributed by atoms with Gasteiger partial charge in [0.25, 0.3) is 0 Å². The molecule has 1 aliphatic rings. The molecule has 31 heavy (non-hydrogen) atoms. The Hall–Kier alpha value is -2.70. The minimum Gasteiger partial charge on any atom is -0.382 e. The van der Waals surface area contributed by atoms with Gasteiger partial charge in [-0.25, -0.2) is 0 Å². The van der Waals surface area contributed by atoms with Gasteiger partial charge in [0.2, 0.25) is 5.78 Å². The topological polar surface area (TPSA) is 29.1 Å². The predicted octanol–water partition coefficient (Wildman–Crippen LogP) is 7.07. The first-order valence-corrected chi connectivity index (χ1v) is 10.6. The number of hydrogen-bond acceptors (Lipinski definition) is 3. The normalized spacial score (nSPS) is 15.9. The van der Waals surface area contributed by atoms with Crippen molar-refractivity contribution in [1.82, 2.24) is 5.32 Å². The van der Waals surface area contributed by atoms with Crippen LogP contribution in [0.15, 0.2) is 64.5 Å². The predicted molar refractivity (Wildman–Crippen MR) is 122 cm³/mol. The van der Waals surface area contributed by atoms with Crippen molar-refractivity contribution in [3.8, 4) is 0 Å². The van der Waals surface area contributed by atoms with Crippen LogP contribution in [0.5, 0.6) is 0 Å². The third-order valence-corrected chi connectivity index (χ3v) is 6.58. The minimum absolute atomic E-state index is 0.220. The summed E-state index contributed by atoms with van der Waals surface area (Å²) in [6.45, 7) is 1.97. The second-order valence-electron chi connectivity index (χ2n) is 7.11. The molecular weight excluding hydrogens is 443 g/mol. The van der Waals surface area contributed by atoms with Crippen LogP contribution in [0.4, 0.5) is 13.2 Å². The molecule has 4 rings (SSSR count). The summed E-state index contributed by atoms with van der Waals surface area (Å²) in [5.74, 6) is -0.338. The molecule has 0 atom stereocenters. The van der Waals surface area contributed by atoms with Gasteiger partial charge in [0.1, 0.15) is 0 Å². The average molecular weight is 460 g/mol. The smallest absolute Gasteiger partial charge is 0.382 e. The number of ketones is 1. The van der Waals surface area contributed by atoms with E-state index in [1.807, 2.05) is 31.2 Å². The van der Waals surface area contributed by atoms with E-state index in [0.717, 1.165) is 28.5 Å². The van der Waals surface area contributed by atoms with Crippen LogP contribution in [0.25, 0.3) is 22.4 Å². The van der Waals surface area contributed by atoms with Gasteiger partial charge in [-0.3, -0.25) is 4.79 Å². The fraction of sp³-hybridized carbons (Fsp3) is 0.125. The third-order valence-electron chi connectivity index (χ3n) is 5.11. The maximum atomic E-state index is 13.3. The van der Waals surface area contributed by atoms with Crippen LogP contribution in [0.2, 0.25) is 5.02 Å². The molecule has 2 nitrogen and oxygen atoms in total. The number of Topliss-reactive ketones (excluding diaryl/α,β-unsaturated/α-hetero) is 1. The monoisotopic (exact) mass is 459 g/mol. The van der Waals surface area contributed by atoms with Crippen molar-refractivity contribution in [2.45, 2.75) is 13.1 Å². The number of halogens is 4. The third kappa shape index (κ3) is 3.98. The molecule has 0 aromatic heterocycles. The highest BCUT2D eigenvalue weighted by molar-refractivity contribution is 8.08. The number of benzene rings is 3. The summed E-state index contributed by atoms with van der Waals surface area (Å²) in [6, 6.07) is 14.4. The molecule has 0 aliphatic carbocycles. The number of allylic oxidation sites excluding steroid dienone is 2. The first kappa shape index (κ1) is 21.5. The highest BCUT2D eigenvalue weighted by atomic mass is 35.5. The van der Waals surface area contributed by atoms with Gasteiger partial charge in [-0.05, 0) is 53.1 Å². The fourth-order valence-corrected chi connectivity index (χ4v) is 4.88. The van der Waals surface area contributed by atoms with Crippen molar-refractivity contribution in [3.05, 3.63) is 91.8 Å². The van der Waals surface area contributed by atoms with Gasteiger partial charge < -0.3 is 5.32 Å². The molecule has 0 saturated heterocycles. The van der Waals surface area contributed by atoms with Crippen molar-refractivity contribution in [2.75, 3.05) is 7.05 Å². The second kappa shape index (κ2) is 8.09. The minimum atomic E-state index is -4.49. The summed E-state index contributed by atoms with van der Waals surface area (Å²) < 4.78 is 39.5. The van der Waals surface area contributed by atoms with Crippen LogP contribution in [-0.2, 0) is 11.0 Å². The van der Waals surface area contributed by atoms with Gasteiger partial charge in [-0.15, -0.1) is 0 Å². The molecule has 1 N–H and O–H groups in total. The number of hydrogen-bond donors (Lipinski definition) is 1. The number of thioether (sulfide) groups is 1. The molecule has 0 amide bonds. The van der Waals surface area contributed by atoms with Gasteiger partial charge >= 0.3 is 6.18 Å². The molecular formula is C24H17ClF3NOS. The number of aryl methyl sites for hydroxylation is 1. The molecule has 0 radical (unpaired) electrons. The summed E-state index contributed by atoms with van der Waals surface area (Å²) in [7, 11) is 1.64. The van der Waals surface area contributed by atoms with E-state index >= 15 is 0 Å². The Morgan fingerprint density at radius 2 is 1.81 bits per heavy atom. The largest absolute Gasteiger partial charge is 0.416 e. The standard InChI is InChI=1S/C24H17ClF3NOS/c1-13-5-3-6-14-9-10-18(25)17(20(13)14)12-19-22(30)21(23(29-2)31-19)15-7-4-8-16(11-15)24(26,27)28/h3-12,29H,1-2H3/b19-12+. The lowest BCUT2D eigenvalue weighted by Gasteiger charge is -2.10. The SMILES string of the molecule is CNC1=C(c2cccc(C(F)(F)F)c2)C(=O)/C(=C\c2c(Cl)ccc3cccc(C)c23)S1. The van der Waals surface area contributed by atoms with Gasteiger partial charge in [-0.2, -0.15) is 13.2 Å². The number of alkyl halides is 3. The zero-order chi connectivity index (χ0) is 22.3. The average Bonchev–Trinajstić information content (AvgIpc) is 3.05. The number of carbonyl (C=O) groups is 1. The number of nitrogens with one attached hydrogen (secondary N) is 1. The zero-order valence-corrected chi connectivity index (χ0v) is 18.2. The Balaban J connectivity index is 1.82. The van der Waals surface area contributed by atoms with E-state index in [1.54, 1.807) is 19.2 Å². The summed E-state index contributed by atoms with van der Waals surface area (Å²) >= 11 is 7.67. The van der Waals surface area contributed by atoms with Crippen molar-refractivity contribution < 1.29 is 18.0 Å². The molecule has 158 valence electrons. The highest BCUT2D eigenvalue weighted by Crippen LogP contribution is 2.44. The molecule has 3 aromatic rings. The second-order valence-corrected chi connectivity index (χ2v) is 8.57. The van der Waals surface area contributed by atoms with Crippen LogP contribution in [0.3, 0.4) is 0 Å². The van der Waals surface area contributed by atoms with Crippen LogP contribution in [0, 0.1) is 6.92 Å². The first-order chi connectivity index (χ1) is 14.7. The number of carbonyl (C=O) groups excluding carboxylic acids is 1. The first-order valence-electron chi connectivity index (χ1n) is 9.42. The van der Waals surface area contributed by atoms with E-state index in [2.05, 4.69) is 5.32 Å². The Morgan fingerprint density at radius 3 is 2.52 bits per heavy atom. The van der Waals surface area contributed by atoms with E-state index in [-0.39, 0.29) is 16.9 Å². The molecule has 0 saturated carbocycles. The van der Waals surface area contributed by atoms with E-state index in [1.165, 1.54) is 23.9 Å². The van der Waals surface area contributed by atoms with Crippen molar-refractivity contribution >= 4 is 51.6 Å². The maximum Gasteiger partial charge on any atom is 0.416 e. The van der Waals surface area contributed by atoms with Gasteiger partial charge in [-0.1, -0.05) is 59.8 Å². The molecule has 0 spiro atoms. The lowest BCUT2D eigenvalue weighted by atomic mass is 9.97. The lowest BCUT2D eigenvalue weighted by molar-refractivity contribution is -0.137. The Morgan fingerprint density at radius 1 is 1.06 bits per heavy atom. The molecule has 0 bridgehead atoms. The maximum absolute atomic E-state index is 13.3. The van der Waals surface area contributed by atoms with Gasteiger partial charge in [0.15, 0.2) is 0 Å². The fourth-order valence-electron chi connectivity index (χ4n) is 3.66. The van der Waals surface area contributed by atoms with Crippen molar-refractivity contribution in [1.29, 1.82) is 0 Å². The number of fused-ring (bicyclic) bond motifs is 1. The quantitative estimate of drug-likeness (QED) is 0.425. The Kier molecular flexibility index (Phi) is 5.62. The molecule has 7 heteroatoms. The van der Waals surface area contributed by atoms with E-state index in [4.69, 9.17) is 11.6 Å². The zero-order valence-electron chi connectivity index (χ0n) is 16.6. The highest BCUT2D eigenvalue weighted by Gasteiger charge is 2.34.